The highest BCUT2D eigenvalue weighted by Crippen LogP contribution is 2.09. The first-order chi connectivity index (χ1) is 6.69. The Labute approximate surface area is 82.3 Å². The lowest BCUT2D eigenvalue weighted by Gasteiger charge is -2.02. The number of H-pyrrole nitrogens is 1. The number of aryl methyl sites for hydroxylation is 1. The molecule has 0 spiro atoms. The van der Waals surface area contributed by atoms with Crippen molar-refractivity contribution in [2.75, 3.05) is 0 Å². The van der Waals surface area contributed by atoms with Gasteiger partial charge < -0.3 is 10.1 Å². The van der Waals surface area contributed by atoms with Gasteiger partial charge in [0, 0.05) is 12.8 Å². The third-order valence-electron chi connectivity index (χ3n) is 1.88. The number of aromatic nitrogens is 2. The predicted octanol–water partition coefficient (Wildman–Crippen LogP) is 1.16. The average molecular weight is 194 g/mol. The normalized spacial score (nSPS) is 10.1. The molecule has 2 N–H and O–H groups in total. The Bertz CT molecular complexity index is 382. The van der Waals surface area contributed by atoms with E-state index in [1.54, 1.807) is 6.08 Å². The fraction of sp³-hybridized carbons (Fsp3) is 0.400. The second-order valence-corrected chi connectivity index (χ2v) is 3.06. The van der Waals surface area contributed by atoms with Gasteiger partial charge in [-0.3, -0.25) is 4.79 Å². The molecule has 76 valence electrons. The Kier molecular flexibility index (Phi) is 3.45. The van der Waals surface area contributed by atoms with Crippen LogP contribution in [-0.4, -0.2) is 15.1 Å². The summed E-state index contributed by atoms with van der Waals surface area (Å²) in [5, 5.41) is 9.45. The summed E-state index contributed by atoms with van der Waals surface area (Å²) >= 11 is 0. The van der Waals surface area contributed by atoms with Crippen LogP contribution in [0.5, 0.6) is 5.88 Å². The standard InChI is InChI=1S/C10H14N2O2/c1-3-5-7-9(13)11-8(6-4-2)12-10(7)14/h3H,1,4-6H2,2H3,(H2,11,12,13,14). The third-order valence-corrected chi connectivity index (χ3v) is 1.88. The van der Waals surface area contributed by atoms with E-state index in [1.165, 1.54) is 0 Å². The molecule has 0 saturated carbocycles. The number of nitrogens with one attached hydrogen (secondary N) is 1. The molecule has 0 atom stereocenters. The summed E-state index contributed by atoms with van der Waals surface area (Å²) in [7, 11) is 0. The van der Waals surface area contributed by atoms with Crippen molar-refractivity contribution in [3.63, 3.8) is 0 Å². The van der Waals surface area contributed by atoms with Gasteiger partial charge in [-0.2, -0.15) is 0 Å². The van der Waals surface area contributed by atoms with Gasteiger partial charge in [0.05, 0.1) is 5.56 Å². The van der Waals surface area contributed by atoms with E-state index in [4.69, 9.17) is 0 Å². The van der Waals surface area contributed by atoms with Crippen LogP contribution >= 0.6 is 0 Å². The average Bonchev–Trinajstić information content (AvgIpc) is 2.12. The van der Waals surface area contributed by atoms with E-state index >= 15 is 0 Å². The molecule has 0 unspecified atom stereocenters. The van der Waals surface area contributed by atoms with Crippen LogP contribution in [0, 0.1) is 0 Å². The highest BCUT2D eigenvalue weighted by molar-refractivity contribution is 5.24. The molecule has 0 aliphatic heterocycles. The summed E-state index contributed by atoms with van der Waals surface area (Å²) in [4.78, 5) is 17.9. The topological polar surface area (TPSA) is 66.0 Å². The van der Waals surface area contributed by atoms with Gasteiger partial charge in [-0.1, -0.05) is 13.0 Å². The fourth-order valence-corrected chi connectivity index (χ4v) is 1.21. The van der Waals surface area contributed by atoms with Gasteiger partial charge in [0.25, 0.3) is 5.56 Å². The van der Waals surface area contributed by atoms with Crippen molar-refractivity contribution in [3.8, 4) is 5.88 Å². The van der Waals surface area contributed by atoms with E-state index in [0.717, 1.165) is 6.42 Å². The fourth-order valence-electron chi connectivity index (χ4n) is 1.21. The Hall–Kier alpha value is -1.58. The zero-order valence-corrected chi connectivity index (χ0v) is 8.21. The number of hydrogen-bond acceptors (Lipinski definition) is 3. The number of allylic oxidation sites excluding steroid dienone is 1. The minimum atomic E-state index is -0.277. The van der Waals surface area contributed by atoms with Crippen LogP contribution in [0.15, 0.2) is 17.4 Å². The molecule has 1 aromatic rings. The molecule has 0 fully saturated rings. The third kappa shape index (κ3) is 2.22. The zero-order valence-electron chi connectivity index (χ0n) is 8.21. The molecule has 0 aromatic carbocycles. The van der Waals surface area contributed by atoms with Crippen molar-refractivity contribution in [2.45, 2.75) is 26.2 Å². The second-order valence-electron chi connectivity index (χ2n) is 3.06. The molecular weight excluding hydrogens is 180 g/mol. The molecule has 0 bridgehead atoms. The minimum absolute atomic E-state index is 0.183. The highest BCUT2D eigenvalue weighted by atomic mass is 16.3. The smallest absolute Gasteiger partial charge is 0.258 e. The number of nitrogens with zero attached hydrogens (tertiary/aromatic N) is 1. The van der Waals surface area contributed by atoms with E-state index in [9.17, 15) is 9.90 Å². The van der Waals surface area contributed by atoms with Crippen LogP contribution in [0.3, 0.4) is 0 Å². The molecule has 1 aromatic heterocycles. The summed E-state index contributed by atoms with van der Waals surface area (Å²) in [5.74, 6) is 0.347. The Morgan fingerprint density at radius 2 is 2.36 bits per heavy atom. The maximum absolute atomic E-state index is 11.4. The van der Waals surface area contributed by atoms with Crippen molar-refractivity contribution >= 4 is 0 Å². The Morgan fingerprint density at radius 1 is 1.64 bits per heavy atom. The SMILES string of the molecule is C=CCc1c(O)nc(CCC)[nH]c1=O. The van der Waals surface area contributed by atoms with Crippen LogP contribution in [-0.2, 0) is 12.8 Å². The van der Waals surface area contributed by atoms with E-state index in [2.05, 4.69) is 16.5 Å². The van der Waals surface area contributed by atoms with Gasteiger partial charge in [-0.05, 0) is 6.42 Å². The van der Waals surface area contributed by atoms with Crippen molar-refractivity contribution in [1.82, 2.24) is 9.97 Å². The second kappa shape index (κ2) is 4.60. The lowest BCUT2D eigenvalue weighted by Crippen LogP contribution is -2.16. The van der Waals surface area contributed by atoms with Gasteiger partial charge in [0.2, 0.25) is 5.88 Å². The minimum Gasteiger partial charge on any atom is -0.493 e. The highest BCUT2D eigenvalue weighted by Gasteiger charge is 2.08. The molecule has 0 amide bonds. The first-order valence-corrected chi connectivity index (χ1v) is 4.61. The van der Waals surface area contributed by atoms with Crippen molar-refractivity contribution < 1.29 is 5.11 Å². The van der Waals surface area contributed by atoms with Gasteiger partial charge in [-0.25, -0.2) is 4.98 Å². The largest absolute Gasteiger partial charge is 0.493 e. The number of rotatable bonds is 4. The monoisotopic (exact) mass is 194 g/mol. The zero-order chi connectivity index (χ0) is 10.6. The first kappa shape index (κ1) is 10.5. The van der Waals surface area contributed by atoms with Gasteiger partial charge in [0.15, 0.2) is 0 Å². The van der Waals surface area contributed by atoms with E-state index in [-0.39, 0.29) is 17.0 Å². The first-order valence-electron chi connectivity index (χ1n) is 4.61. The van der Waals surface area contributed by atoms with Crippen LogP contribution < -0.4 is 5.56 Å². The molecule has 14 heavy (non-hydrogen) atoms. The summed E-state index contributed by atoms with van der Waals surface area (Å²) in [6.45, 7) is 5.49. The molecule has 1 rings (SSSR count). The molecule has 4 nitrogen and oxygen atoms in total. The quantitative estimate of drug-likeness (QED) is 0.707. The predicted molar refractivity (Wildman–Crippen MR) is 54.4 cm³/mol. The molecule has 1 heterocycles. The maximum atomic E-state index is 11.4. The van der Waals surface area contributed by atoms with Gasteiger partial charge in [-0.15, -0.1) is 6.58 Å². The van der Waals surface area contributed by atoms with Crippen molar-refractivity contribution in [3.05, 3.63) is 34.4 Å². The summed E-state index contributed by atoms with van der Waals surface area (Å²) in [6, 6.07) is 0. The summed E-state index contributed by atoms with van der Waals surface area (Å²) in [5.41, 5.74) is 0.000651. The van der Waals surface area contributed by atoms with Crippen LogP contribution in [0.2, 0.25) is 0 Å². The number of aromatic hydroxyl groups is 1. The Balaban J connectivity index is 3.11. The van der Waals surface area contributed by atoms with Crippen LogP contribution in [0.25, 0.3) is 0 Å². The molecular formula is C10H14N2O2. The number of aromatic amines is 1. The molecule has 4 heteroatoms. The van der Waals surface area contributed by atoms with E-state index in [0.29, 0.717) is 18.7 Å². The molecule has 0 aliphatic rings. The molecule has 0 saturated heterocycles. The van der Waals surface area contributed by atoms with Gasteiger partial charge >= 0.3 is 0 Å². The van der Waals surface area contributed by atoms with E-state index < -0.39 is 0 Å². The number of hydrogen-bond donors (Lipinski definition) is 2. The molecule has 0 aliphatic carbocycles. The summed E-state index contributed by atoms with van der Waals surface area (Å²) in [6.07, 6.45) is 3.44. The Morgan fingerprint density at radius 3 is 2.86 bits per heavy atom. The lowest BCUT2D eigenvalue weighted by atomic mass is 10.2. The maximum Gasteiger partial charge on any atom is 0.258 e. The van der Waals surface area contributed by atoms with Gasteiger partial charge in [0.1, 0.15) is 5.82 Å². The van der Waals surface area contributed by atoms with Crippen LogP contribution in [0.1, 0.15) is 24.7 Å². The van der Waals surface area contributed by atoms with Crippen LogP contribution in [0.4, 0.5) is 0 Å². The molecule has 0 radical (unpaired) electrons. The lowest BCUT2D eigenvalue weighted by molar-refractivity contribution is 0.441. The van der Waals surface area contributed by atoms with Crippen molar-refractivity contribution in [2.24, 2.45) is 0 Å². The summed E-state index contributed by atoms with van der Waals surface area (Å²) < 4.78 is 0. The van der Waals surface area contributed by atoms with Crippen molar-refractivity contribution in [1.29, 1.82) is 0 Å². The van der Waals surface area contributed by atoms with E-state index in [1.807, 2.05) is 6.92 Å².